The molecule has 0 fully saturated rings. The Morgan fingerprint density at radius 3 is 2.38 bits per heavy atom. The Bertz CT molecular complexity index is 289. The maximum absolute atomic E-state index is 9.81. The van der Waals surface area contributed by atoms with Gasteiger partial charge in [0.05, 0.1) is 12.2 Å². The molecule has 3 heteroatoms. The van der Waals surface area contributed by atoms with E-state index >= 15 is 0 Å². The number of hydrogen-bond donors (Lipinski definition) is 2. The smallest absolute Gasteiger partial charge is 0.0804 e. The van der Waals surface area contributed by atoms with Crippen LogP contribution in [0, 0.1) is 0 Å². The van der Waals surface area contributed by atoms with Crippen molar-refractivity contribution in [1.82, 2.24) is 4.98 Å². The zero-order valence-electron chi connectivity index (χ0n) is 10.0. The summed E-state index contributed by atoms with van der Waals surface area (Å²) in [5, 5.41) is 19.5. The van der Waals surface area contributed by atoms with E-state index in [0.717, 1.165) is 12.0 Å². The Labute approximate surface area is 97.2 Å². The van der Waals surface area contributed by atoms with Crippen LogP contribution in [0.5, 0.6) is 0 Å². The summed E-state index contributed by atoms with van der Waals surface area (Å²) in [6.07, 6.45) is 4.40. The Kier molecular flexibility index (Phi) is 5.43. The Balaban J connectivity index is 2.48. The van der Waals surface area contributed by atoms with Crippen LogP contribution in [0.25, 0.3) is 0 Å². The van der Waals surface area contributed by atoms with Gasteiger partial charge in [-0.05, 0) is 36.5 Å². The van der Waals surface area contributed by atoms with E-state index in [4.69, 9.17) is 0 Å². The maximum atomic E-state index is 9.81. The van der Waals surface area contributed by atoms with E-state index in [1.54, 1.807) is 12.4 Å². The third-order valence-electron chi connectivity index (χ3n) is 2.90. The summed E-state index contributed by atoms with van der Waals surface area (Å²) >= 11 is 0. The SMILES string of the molecule is CCCC(O)C(O)CC(C)c1ccncc1. The highest BCUT2D eigenvalue weighted by Crippen LogP contribution is 2.21. The van der Waals surface area contributed by atoms with Crippen LogP contribution in [0.2, 0.25) is 0 Å². The molecule has 3 nitrogen and oxygen atoms in total. The lowest BCUT2D eigenvalue weighted by Crippen LogP contribution is -2.27. The molecule has 0 saturated heterocycles. The second-order valence-corrected chi connectivity index (χ2v) is 4.34. The van der Waals surface area contributed by atoms with Crippen molar-refractivity contribution in [3.05, 3.63) is 30.1 Å². The fourth-order valence-corrected chi connectivity index (χ4v) is 1.84. The summed E-state index contributed by atoms with van der Waals surface area (Å²) in [6.45, 7) is 4.06. The first kappa shape index (κ1) is 13.1. The van der Waals surface area contributed by atoms with Crippen molar-refractivity contribution in [3.8, 4) is 0 Å². The largest absolute Gasteiger partial charge is 0.390 e. The predicted octanol–water partition coefficient (Wildman–Crippen LogP) is 2.10. The number of rotatable bonds is 6. The van der Waals surface area contributed by atoms with Crippen molar-refractivity contribution in [2.24, 2.45) is 0 Å². The Morgan fingerprint density at radius 1 is 1.19 bits per heavy atom. The quantitative estimate of drug-likeness (QED) is 0.776. The standard InChI is InChI=1S/C13H21NO2/c1-3-4-12(15)13(16)9-10(2)11-5-7-14-8-6-11/h5-8,10,12-13,15-16H,3-4,9H2,1-2H3. The van der Waals surface area contributed by atoms with Crippen molar-refractivity contribution in [3.63, 3.8) is 0 Å². The number of pyridine rings is 1. The average molecular weight is 223 g/mol. The lowest BCUT2D eigenvalue weighted by Gasteiger charge is -2.21. The van der Waals surface area contributed by atoms with E-state index in [1.807, 2.05) is 19.1 Å². The van der Waals surface area contributed by atoms with Crippen molar-refractivity contribution in [1.29, 1.82) is 0 Å². The van der Waals surface area contributed by atoms with E-state index in [0.29, 0.717) is 12.8 Å². The van der Waals surface area contributed by atoms with Gasteiger partial charge in [0.25, 0.3) is 0 Å². The average Bonchev–Trinajstić information content (AvgIpc) is 2.30. The van der Waals surface area contributed by atoms with Crippen LogP contribution >= 0.6 is 0 Å². The van der Waals surface area contributed by atoms with E-state index in [-0.39, 0.29) is 5.92 Å². The molecule has 16 heavy (non-hydrogen) atoms. The third-order valence-corrected chi connectivity index (χ3v) is 2.90. The minimum atomic E-state index is -0.636. The van der Waals surface area contributed by atoms with Gasteiger partial charge in [0.1, 0.15) is 0 Å². The summed E-state index contributed by atoms with van der Waals surface area (Å²) in [6, 6.07) is 3.90. The molecule has 0 aliphatic carbocycles. The first-order valence-electron chi connectivity index (χ1n) is 5.91. The van der Waals surface area contributed by atoms with E-state index in [9.17, 15) is 10.2 Å². The summed E-state index contributed by atoms with van der Waals surface area (Å²) in [5.74, 6) is 0.240. The summed E-state index contributed by atoms with van der Waals surface area (Å²) in [5.41, 5.74) is 1.15. The second kappa shape index (κ2) is 6.61. The van der Waals surface area contributed by atoms with Gasteiger partial charge in [0.15, 0.2) is 0 Å². The highest BCUT2D eigenvalue weighted by Gasteiger charge is 2.18. The summed E-state index contributed by atoms with van der Waals surface area (Å²) < 4.78 is 0. The monoisotopic (exact) mass is 223 g/mol. The van der Waals surface area contributed by atoms with Crippen LogP contribution in [0.1, 0.15) is 44.6 Å². The van der Waals surface area contributed by atoms with E-state index in [1.165, 1.54) is 0 Å². The lowest BCUT2D eigenvalue weighted by atomic mass is 9.93. The fourth-order valence-electron chi connectivity index (χ4n) is 1.84. The number of hydrogen-bond acceptors (Lipinski definition) is 3. The Hall–Kier alpha value is -0.930. The first-order valence-corrected chi connectivity index (χ1v) is 5.91. The number of aliphatic hydroxyl groups excluding tert-OH is 2. The minimum absolute atomic E-state index is 0.240. The van der Waals surface area contributed by atoms with Crippen molar-refractivity contribution in [2.45, 2.75) is 51.2 Å². The topological polar surface area (TPSA) is 53.4 Å². The van der Waals surface area contributed by atoms with Crippen LogP contribution in [0.3, 0.4) is 0 Å². The van der Waals surface area contributed by atoms with Gasteiger partial charge in [-0.3, -0.25) is 4.98 Å². The highest BCUT2D eigenvalue weighted by atomic mass is 16.3. The molecule has 2 N–H and O–H groups in total. The third kappa shape index (κ3) is 3.91. The zero-order valence-corrected chi connectivity index (χ0v) is 10.0. The molecule has 1 aromatic heterocycles. The Morgan fingerprint density at radius 2 is 1.81 bits per heavy atom. The molecular formula is C13H21NO2. The van der Waals surface area contributed by atoms with Crippen molar-refractivity contribution < 1.29 is 10.2 Å². The molecule has 3 unspecified atom stereocenters. The fraction of sp³-hybridized carbons (Fsp3) is 0.615. The normalized spacial score (nSPS) is 16.8. The van der Waals surface area contributed by atoms with Crippen LogP contribution in [-0.2, 0) is 0 Å². The molecule has 1 rings (SSSR count). The van der Waals surface area contributed by atoms with Crippen LogP contribution < -0.4 is 0 Å². The second-order valence-electron chi connectivity index (χ2n) is 4.34. The summed E-state index contributed by atoms with van der Waals surface area (Å²) in [7, 11) is 0. The van der Waals surface area contributed by atoms with Gasteiger partial charge in [-0.15, -0.1) is 0 Å². The molecule has 90 valence electrons. The van der Waals surface area contributed by atoms with Crippen LogP contribution in [-0.4, -0.2) is 27.4 Å². The molecule has 0 aromatic carbocycles. The van der Waals surface area contributed by atoms with Gasteiger partial charge in [0.2, 0.25) is 0 Å². The molecule has 0 bridgehead atoms. The van der Waals surface area contributed by atoms with Gasteiger partial charge >= 0.3 is 0 Å². The summed E-state index contributed by atoms with van der Waals surface area (Å²) in [4.78, 5) is 3.96. The van der Waals surface area contributed by atoms with E-state index in [2.05, 4.69) is 11.9 Å². The van der Waals surface area contributed by atoms with E-state index < -0.39 is 12.2 Å². The van der Waals surface area contributed by atoms with Gasteiger partial charge in [-0.2, -0.15) is 0 Å². The molecule has 3 atom stereocenters. The van der Waals surface area contributed by atoms with Crippen LogP contribution in [0.15, 0.2) is 24.5 Å². The molecule has 0 spiro atoms. The van der Waals surface area contributed by atoms with Gasteiger partial charge in [-0.25, -0.2) is 0 Å². The van der Waals surface area contributed by atoms with Gasteiger partial charge < -0.3 is 10.2 Å². The minimum Gasteiger partial charge on any atom is -0.390 e. The van der Waals surface area contributed by atoms with Crippen molar-refractivity contribution in [2.75, 3.05) is 0 Å². The van der Waals surface area contributed by atoms with Gasteiger partial charge in [-0.1, -0.05) is 20.3 Å². The number of nitrogens with zero attached hydrogens (tertiary/aromatic N) is 1. The molecule has 0 aliphatic heterocycles. The first-order chi connectivity index (χ1) is 7.65. The molecule has 0 aliphatic rings. The van der Waals surface area contributed by atoms with Crippen LogP contribution in [0.4, 0.5) is 0 Å². The number of aliphatic hydroxyl groups is 2. The van der Waals surface area contributed by atoms with Gasteiger partial charge in [0, 0.05) is 12.4 Å². The predicted molar refractivity (Wildman–Crippen MR) is 64.2 cm³/mol. The molecule has 1 heterocycles. The molecule has 1 aromatic rings. The lowest BCUT2D eigenvalue weighted by molar-refractivity contribution is 0.00637. The molecule has 0 amide bonds. The molecular weight excluding hydrogens is 202 g/mol. The zero-order chi connectivity index (χ0) is 12.0. The number of aromatic nitrogens is 1. The molecule has 0 radical (unpaired) electrons. The highest BCUT2D eigenvalue weighted by molar-refractivity contribution is 5.14. The maximum Gasteiger partial charge on any atom is 0.0804 e. The van der Waals surface area contributed by atoms with Crippen molar-refractivity contribution >= 4 is 0 Å². The molecule has 0 saturated carbocycles.